The van der Waals surface area contributed by atoms with Gasteiger partial charge in [-0.15, -0.1) is 11.3 Å². The van der Waals surface area contributed by atoms with E-state index in [1.54, 1.807) is 11.3 Å². The van der Waals surface area contributed by atoms with Crippen LogP contribution in [-0.2, 0) is 17.6 Å². The molecule has 29 heavy (non-hydrogen) atoms. The summed E-state index contributed by atoms with van der Waals surface area (Å²) in [6.45, 7) is 4.45. The molecule has 7 heteroatoms. The number of nitrogens with zero attached hydrogens (tertiary/aromatic N) is 3. The van der Waals surface area contributed by atoms with Crippen LogP contribution in [-0.4, -0.2) is 43.5 Å². The Hall–Kier alpha value is -2.07. The van der Waals surface area contributed by atoms with Gasteiger partial charge in [-0.1, -0.05) is 17.7 Å². The molecule has 2 heterocycles. The minimum Gasteiger partial charge on any atom is -0.369 e. The van der Waals surface area contributed by atoms with Crippen LogP contribution in [0.5, 0.6) is 0 Å². The largest absolute Gasteiger partial charge is 0.369 e. The zero-order chi connectivity index (χ0) is 20.2. The number of hydrogen-bond acceptors (Lipinski definition) is 5. The summed E-state index contributed by atoms with van der Waals surface area (Å²) in [5, 5.41) is 14.0. The number of aryl methyl sites for hydroxylation is 1. The topological polar surface area (TPSA) is 59.4 Å². The molecule has 0 atom stereocenters. The molecule has 2 aromatic rings. The number of carbonyl (C=O) groups is 1. The van der Waals surface area contributed by atoms with Gasteiger partial charge in [0.1, 0.15) is 11.1 Å². The van der Waals surface area contributed by atoms with Gasteiger partial charge >= 0.3 is 0 Å². The number of amides is 1. The number of piperazine rings is 1. The SMILES string of the molecule is N#Cc1c(NC(=O)CCN2CCN(c3cccc(Cl)c3)CC2)sc2c1CCCC2. The molecule has 2 aliphatic rings. The molecule has 1 aromatic carbocycles. The van der Waals surface area contributed by atoms with Gasteiger partial charge in [-0.25, -0.2) is 0 Å². The van der Waals surface area contributed by atoms with E-state index in [1.807, 2.05) is 18.2 Å². The minimum absolute atomic E-state index is 0.00244. The van der Waals surface area contributed by atoms with Crippen molar-refractivity contribution in [1.29, 1.82) is 5.26 Å². The summed E-state index contributed by atoms with van der Waals surface area (Å²) in [4.78, 5) is 18.4. The van der Waals surface area contributed by atoms with Gasteiger partial charge in [0.2, 0.25) is 5.91 Å². The molecule has 1 saturated heterocycles. The van der Waals surface area contributed by atoms with Crippen molar-refractivity contribution in [3.8, 4) is 6.07 Å². The average Bonchev–Trinajstić information content (AvgIpc) is 3.09. The molecule has 5 nitrogen and oxygen atoms in total. The number of rotatable bonds is 5. The minimum atomic E-state index is -0.00244. The first-order chi connectivity index (χ1) is 14.1. The van der Waals surface area contributed by atoms with Gasteiger partial charge in [0, 0.05) is 54.7 Å². The van der Waals surface area contributed by atoms with Crippen molar-refractivity contribution in [3.63, 3.8) is 0 Å². The van der Waals surface area contributed by atoms with Crippen molar-refractivity contribution < 1.29 is 4.79 Å². The fourth-order valence-electron chi connectivity index (χ4n) is 4.12. The molecule has 1 amide bonds. The molecule has 0 spiro atoms. The van der Waals surface area contributed by atoms with E-state index in [1.165, 1.54) is 11.3 Å². The summed E-state index contributed by atoms with van der Waals surface area (Å²) in [5.74, 6) is -0.00244. The molecule has 4 rings (SSSR count). The van der Waals surface area contributed by atoms with Crippen LogP contribution >= 0.6 is 22.9 Å². The third-order valence-corrected chi connectivity index (χ3v) is 7.18. The molecular weight excluding hydrogens is 404 g/mol. The Balaban J connectivity index is 1.27. The van der Waals surface area contributed by atoms with Crippen molar-refractivity contribution in [3.05, 3.63) is 45.3 Å². The van der Waals surface area contributed by atoms with Crippen LogP contribution in [0.2, 0.25) is 5.02 Å². The fourth-order valence-corrected chi connectivity index (χ4v) is 5.56. The summed E-state index contributed by atoms with van der Waals surface area (Å²) in [6.07, 6.45) is 4.74. The number of nitriles is 1. The summed E-state index contributed by atoms with van der Waals surface area (Å²) in [7, 11) is 0. The summed E-state index contributed by atoms with van der Waals surface area (Å²) in [6, 6.07) is 10.3. The number of anilines is 2. The summed E-state index contributed by atoms with van der Waals surface area (Å²) >= 11 is 7.69. The maximum Gasteiger partial charge on any atom is 0.226 e. The van der Waals surface area contributed by atoms with Gasteiger partial charge in [0.15, 0.2) is 0 Å². The van der Waals surface area contributed by atoms with E-state index in [0.29, 0.717) is 12.0 Å². The molecule has 1 aromatic heterocycles. The van der Waals surface area contributed by atoms with E-state index in [4.69, 9.17) is 11.6 Å². The summed E-state index contributed by atoms with van der Waals surface area (Å²) in [5.41, 5.74) is 3.00. The molecule has 1 aliphatic heterocycles. The zero-order valence-electron chi connectivity index (χ0n) is 16.4. The number of halogens is 1. The number of fused-ring (bicyclic) bond motifs is 1. The van der Waals surface area contributed by atoms with E-state index < -0.39 is 0 Å². The van der Waals surface area contributed by atoms with Crippen molar-refractivity contribution in [2.24, 2.45) is 0 Å². The van der Waals surface area contributed by atoms with Crippen LogP contribution in [0.3, 0.4) is 0 Å². The van der Waals surface area contributed by atoms with Crippen molar-refractivity contribution in [2.45, 2.75) is 32.1 Å². The first-order valence-electron chi connectivity index (χ1n) is 10.2. The number of hydrogen-bond donors (Lipinski definition) is 1. The van der Waals surface area contributed by atoms with Crippen LogP contribution in [0.15, 0.2) is 24.3 Å². The van der Waals surface area contributed by atoms with Gasteiger partial charge in [-0.05, 0) is 49.4 Å². The molecule has 1 aliphatic carbocycles. The number of thiophene rings is 1. The third kappa shape index (κ3) is 4.75. The van der Waals surface area contributed by atoms with Gasteiger partial charge in [-0.2, -0.15) is 5.26 Å². The van der Waals surface area contributed by atoms with Crippen LogP contribution in [0, 0.1) is 11.3 Å². The van der Waals surface area contributed by atoms with Gasteiger partial charge in [0.25, 0.3) is 0 Å². The second-order valence-electron chi connectivity index (χ2n) is 7.63. The highest BCUT2D eigenvalue weighted by Crippen LogP contribution is 2.37. The van der Waals surface area contributed by atoms with E-state index in [2.05, 4.69) is 27.3 Å². The monoisotopic (exact) mass is 428 g/mol. The highest BCUT2D eigenvalue weighted by Gasteiger charge is 2.22. The van der Waals surface area contributed by atoms with Crippen molar-refractivity contribution >= 4 is 39.5 Å². The van der Waals surface area contributed by atoms with Gasteiger partial charge in [-0.3, -0.25) is 9.69 Å². The highest BCUT2D eigenvalue weighted by atomic mass is 35.5. The second-order valence-corrected chi connectivity index (χ2v) is 9.18. The highest BCUT2D eigenvalue weighted by molar-refractivity contribution is 7.16. The van der Waals surface area contributed by atoms with E-state index >= 15 is 0 Å². The first kappa shape index (κ1) is 20.2. The molecular formula is C22H25ClN4OS. The van der Waals surface area contributed by atoms with E-state index in [-0.39, 0.29) is 5.91 Å². The van der Waals surface area contributed by atoms with Crippen LogP contribution in [0.25, 0.3) is 0 Å². The smallest absolute Gasteiger partial charge is 0.226 e. The lowest BCUT2D eigenvalue weighted by Crippen LogP contribution is -2.47. The molecule has 0 saturated carbocycles. The first-order valence-corrected chi connectivity index (χ1v) is 11.4. The maximum absolute atomic E-state index is 12.5. The number of nitrogens with one attached hydrogen (secondary N) is 1. The van der Waals surface area contributed by atoms with Crippen LogP contribution < -0.4 is 10.2 Å². The molecule has 0 unspecified atom stereocenters. The lowest BCUT2D eigenvalue weighted by atomic mass is 9.96. The number of benzene rings is 1. The summed E-state index contributed by atoms with van der Waals surface area (Å²) < 4.78 is 0. The Labute approximate surface area is 180 Å². The van der Waals surface area contributed by atoms with E-state index in [0.717, 1.165) is 73.3 Å². The van der Waals surface area contributed by atoms with E-state index in [9.17, 15) is 10.1 Å². The Morgan fingerprint density at radius 2 is 2.00 bits per heavy atom. The Morgan fingerprint density at radius 3 is 2.76 bits per heavy atom. The van der Waals surface area contributed by atoms with Gasteiger partial charge < -0.3 is 10.2 Å². The second kappa shape index (κ2) is 9.17. The molecule has 1 N–H and O–H groups in total. The van der Waals surface area contributed by atoms with Crippen LogP contribution in [0.4, 0.5) is 10.7 Å². The van der Waals surface area contributed by atoms with Crippen molar-refractivity contribution in [1.82, 2.24) is 4.90 Å². The Morgan fingerprint density at radius 1 is 1.21 bits per heavy atom. The number of carbonyl (C=O) groups excluding carboxylic acids is 1. The van der Waals surface area contributed by atoms with Crippen molar-refractivity contribution in [2.75, 3.05) is 42.9 Å². The predicted octanol–water partition coefficient (Wildman–Crippen LogP) is 4.30. The Kier molecular flexibility index (Phi) is 6.39. The van der Waals surface area contributed by atoms with Gasteiger partial charge in [0.05, 0.1) is 5.56 Å². The third-order valence-electron chi connectivity index (χ3n) is 5.74. The van der Waals surface area contributed by atoms with Crippen LogP contribution in [0.1, 0.15) is 35.3 Å². The predicted molar refractivity (Wildman–Crippen MR) is 119 cm³/mol. The normalized spacial score (nSPS) is 16.9. The molecule has 0 bridgehead atoms. The lowest BCUT2D eigenvalue weighted by molar-refractivity contribution is -0.116. The maximum atomic E-state index is 12.5. The molecule has 0 radical (unpaired) electrons. The molecule has 1 fully saturated rings. The average molecular weight is 429 g/mol. The zero-order valence-corrected chi connectivity index (χ0v) is 18.0. The lowest BCUT2D eigenvalue weighted by Gasteiger charge is -2.36. The molecule has 152 valence electrons. The quantitative estimate of drug-likeness (QED) is 0.771. The standard InChI is InChI=1S/C22H25ClN4OS/c23-16-4-3-5-17(14-16)27-12-10-26(11-13-27)9-8-21(28)25-22-19(15-24)18-6-1-2-7-20(18)29-22/h3-5,14H,1-2,6-13H2,(H,25,28). The fraction of sp³-hybridized carbons (Fsp3) is 0.455. The Bertz CT molecular complexity index is 927.